The Morgan fingerprint density at radius 1 is 1.09 bits per heavy atom. The number of sulfone groups is 1. The molecule has 3 rings (SSSR count). The Bertz CT molecular complexity index is 772. The number of methoxy groups -OCH3 is 1. The number of rotatable bonds is 5. The average Bonchev–Trinajstić information content (AvgIpc) is 2.60. The van der Waals surface area contributed by atoms with Crippen LogP contribution < -0.4 is 4.74 Å². The zero-order chi connectivity index (χ0) is 16.3. The largest absolute Gasteiger partial charge is 0.497 e. The predicted molar refractivity (Wildman–Crippen MR) is 90.5 cm³/mol. The summed E-state index contributed by atoms with van der Waals surface area (Å²) < 4.78 is 30.0. The minimum Gasteiger partial charge on any atom is -0.497 e. The van der Waals surface area contributed by atoms with Crippen molar-refractivity contribution in [2.45, 2.75) is 17.9 Å². The fourth-order valence-corrected chi connectivity index (χ4v) is 4.21. The summed E-state index contributed by atoms with van der Waals surface area (Å²) in [4.78, 5) is 2.60. The van der Waals surface area contributed by atoms with Gasteiger partial charge < -0.3 is 4.74 Å². The normalized spacial score (nSPS) is 15.2. The van der Waals surface area contributed by atoms with Gasteiger partial charge in [0.05, 0.1) is 17.8 Å². The third-order valence-electron chi connectivity index (χ3n) is 4.28. The number of benzene rings is 2. The van der Waals surface area contributed by atoms with E-state index in [1.54, 1.807) is 31.4 Å². The molecule has 0 saturated carbocycles. The Labute approximate surface area is 137 Å². The third-order valence-corrected chi connectivity index (χ3v) is 5.99. The van der Waals surface area contributed by atoms with E-state index in [0.29, 0.717) is 11.4 Å². The number of nitrogens with zero attached hydrogens (tertiary/aromatic N) is 1. The molecule has 4 nitrogen and oxygen atoms in total. The van der Waals surface area contributed by atoms with E-state index in [2.05, 4.69) is 11.0 Å². The van der Waals surface area contributed by atoms with Gasteiger partial charge in [0.2, 0.25) is 0 Å². The van der Waals surface area contributed by atoms with Gasteiger partial charge >= 0.3 is 0 Å². The second kappa shape index (κ2) is 6.72. The highest BCUT2D eigenvalue weighted by Crippen LogP contribution is 2.24. The quantitative estimate of drug-likeness (QED) is 0.845. The molecule has 0 spiro atoms. The molecule has 0 radical (unpaired) electrons. The zero-order valence-corrected chi connectivity index (χ0v) is 14.1. The van der Waals surface area contributed by atoms with Crippen molar-refractivity contribution >= 4 is 9.84 Å². The molecule has 0 atom stereocenters. The smallest absolute Gasteiger partial charge is 0.179 e. The van der Waals surface area contributed by atoms with E-state index in [1.165, 1.54) is 11.1 Å². The van der Waals surface area contributed by atoms with Gasteiger partial charge in [-0.15, -0.1) is 0 Å². The molecule has 0 aromatic heterocycles. The maximum Gasteiger partial charge on any atom is 0.179 e. The highest BCUT2D eigenvalue weighted by molar-refractivity contribution is 7.91. The Morgan fingerprint density at radius 2 is 1.87 bits per heavy atom. The molecule has 0 saturated heterocycles. The summed E-state index contributed by atoms with van der Waals surface area (Å²) in [5.41, 5.74) is 2.56. The SMILES string of the molecule is COc1ccc2c(c1)CN(CCS(=O)(=O)c1ccccc1)CC2. The molecule has 1 aliphatic heterocycles. The lowest BCUT2D eigenvalue weighted by Gasteiger charge is -2.28. The second-order valence-electron chi connectivity index (χ2n) is 5.79. The summed E-state index contributed by atoms with van der Waals surface area (Å²) in [5.74, 6) is 0.999. The Balaban J connectivity index is 1.66. The van der Waals surface area contributed by atoms with Gasteiger partial charge in [-0.3, -0.25) is 4.90 Å². The lowest BCUT2D eigenvalue weighted by atomic mass is 9.99. The molecule has 0 amide bonds. The molecule has 1 heterocycles. The van der Waals surface area contributed by atoms with Crippen LogP contribution in [0.15, 0.2) is 53.4 Å². The monoisotopic (exact) mass is 331 g/mol. The van der Waals surface area contributed by atoms with E-state index >= 15 is 0 Å². The molecule has 122 valence electrons. The molecule has 2 aromatic rings. The van der Waals surface area contributed by atoms with Crippen molar-refractivity contribution in [2.24, 2.45) is 0 Å². The molecule has 0 unspecified atom stereocenters. The van der Waals surface area contributed by atoms with Crippen LogP contribution in [0.4, 0.5) is 0 Å². The van der Waals surface area contributed by atoms with E-state index in [0.717, 1.165) is 25.3 Å². The minimum absolute atomic E-state index is 0.149. The molecule has 0 fully saturated rings. The lowest BCUT2D eigenvalue weighted by molar-refractivity contribution is 0.268. The van der Waals surface area contributed by atoms with Gasteiger partial charge in [0, 0.05) is 19.6 Å². The van der Waals surface area contributed by atoms with Crippen LogP contribution in [0.25, 0.3) is 0 Å². The Morgan fingerprint density at radius 3 is 2.61 bits per heavy atom. The van der Waals surface area contributed by atoms with Gasteiger partial charge in [-0.2, -0.15) is 0 Å². The summed E-state index contributed by atoms with van der Waals surface area (Å²) in [6.45, 7) is 2.22. The first-order chi connectivity index (χ1) is 11.1. The van der Waals surface area contributed by atoms with Gasteiger partial charge in [-0.1, -0.05) is 24.3 Å². The molecular weight excluding hydrogens is 310 g/mol. The standard InChI is InChI=1S/C18H21NO3S/c1-22-17-8-7-15-9-10-19(14-16(15)13-17)11-12-23(20,21)18-5-3-2-4-6-18/h2-8,13H,9-12,14H2,1H3. The topological polar surface area (TPSA) is 46.6 Å². The van der Waals surface area contributed by atoms with E-state index in [9.17, 15) is 8.42 Å². The summed E-state index contributed by atoms with van der Waals surface area (Å²) >= 11 is 0. The summed E-state index contributed by atoms with van der Waals surface area (Å²) in [6.07, 6.45) is 0.949. The van der Waals surface area contributed by atoms with Crippen molar-refractivity contribution < 1.29 is 13.2 Å². The Hall–Kier alpha value is -1.85. The maximum absolute atomic E-state index is 12.4. The van der Waals surface area contributed by atoms with Crippen molar-refractivity contribution in [3.8, 4) is 5.75 Å². The molecular formula is C18H21NO3S. The van der Waals surface area contributed by atoms with Crippen LogP contribution in [0.3, 0.4) is 0 Å². The predicted octanol–water partition coefficient (Wildman–Crippen LogP) is 2.53. The lowest BCUT2D eigenvalue weighted by Crippen LogP contribution is -2.34. The molecule has 0 N–H and O–H groups in total. The summed E-state index contributed by atoms with van der Waals surface area (Å²) in [7, 11) is -1.55. The molecule has 23 heavy (non-hydrogen) atoms. The molecule has 0 aliphatic carbocycles. The number of hydrogen-bond donors (Lipinski definition) is 0. The number of hydrogen-bond acceptors (Lipinski definition) is 4. The summed E-state index contributed by atoms with van der Waals surface area (Å²) in [5, 5.41) is 0. The first kappa shape index (κ1) is 16.0. The van der Waals surface area contributed by atoms with E-state index < -0.39 is 9.84 Å². The maximum atomic E-state index is 12.4. The Kier molecular flexibility index (Phi) is 4.68. The zero-order valence-electron chi connectivity index (χ0n) is 13.2. The number of fused-ring (bicyclic) bond motifs is 1. The van der Waals surface area contributed by atoms with Crippen LogP contribution in [0.1, 0.15) is 11.1 Å². The molecule has 1 aliphatic rings. The van der Waals surface area contributed by atoms with Gasteiger partial charge in [0.1, 0.15) is 5.75 Å². The molecule has 2 aromatic carbocycles. The molecule has 0 bridgehead atoms. The van der Waals surface area contributed by atoms with Crippen LogP contribution in [0, 0.1) is 0 Å². The highest BCUT2D eigenvalue weighted by Gasteiger charge is 2.20. The van der Waals surface area contributed by atoms with E-state index in [1.807, 2.05) is 18.2 Å². The fraction of sp³-hybridized carbons (Fsp3) is 0.333. The second-order valence-corrected chi connectivity index (χ2v) is 7.90. The first-order valence-electron chi connectivity index (χ1n) is 7.74. The first-order valence-corrected chi connectivity index (χ1v) is 9.40. The van der Waals surface area contributed by atoms with Gasteiger partial charge in [0.15, 0.2) is 9.84 Å². The van der Waals surface area contributed by atoms with Gasteiger partial charge in [-0.25, -0.2) is 8.42 Å². The molecule has 5 heteroatoms. The van der Waals surface area contributed by atoms with Crippen molar-refractivity contribution in [3.05, 3.63) is 59.7 Å². The van der Waals surface area contributed by atoms with Crippen molar-refractivity contribution in [2.75, 3.05) is 26.0 Å². The summed E-state index contributed by atoms with van der Waals surface area (Å²) in [6, 6.07) is 14.8. The van der Waals surface area contributed by atoms with Gasteiger partial charge in [-0.05, 0) is 41.8 Å². The minimum atomic E-state index is -3.22. The van der Waals surface area contributed by atoms with E-state index in [-0.39, 0.29) is 5.75 Å². The van der Waals surface area contributed by atoms with Crippen molar-refractivity contribution in [1.29, 1.82) is 0 Å². The number of ether oxygens (including phenoxy) is 1. The van der Waals surface area contributed by atoms with Crippen LogP contribution in [0.5, 0.6) is 5.75 Å². The average molecular weight is 331 g/mol. The third kappa shape index (κ3) is 3.74. The van der Waals surface area contributed by atoms with Crippen LogP contribution in [0.2, 0.25) is 0 Å². The van der Waals surface area contributed by atoms with Crippen LogP contribution >= 0.6 is 0 Å². The fourth-order valence-electron chi connectivity index (χ4n) is 2.90. The van der Waals surface area contributed by atoms with Crippen LogP contribution in [-0.2, 0) is 22.8 Å². The van der Waals surface area contributed by atoms with Crippen molar-refractivity contribution in [3.63, 3.8) is 0 Å². The van der Waals surface area contributed by atoms with Crippen LogP contribution in [-0.4, -0.2) is 39.3 Å². The van der Waals surface area contributed by atoms with Crippen molar-refractivity contribution in [1.82, 2.24) is 4.90 Å². The van der Waals surface area contributed by atoms with E-state index in [4.69, 9.17) is 4.74 Å². The highest BCUT2D eigenvalue weighted by atomic mass is 32.2. The van der Waals surface area contributed by atoms with Gasteiger partial charge in [0.25, 0.3) is 0 Å².